The zero-order chi connectivity index (χ0) is 14.6. The fourth-order valence-corrected chi connectivity index (χ4v) is 2.67. The van der Waals surface area contributed by atoms with Gasteiger partial charge in [-0.3, -0.25) is 4.79 Å². The van der Waals surface area contributed by atoms with Gasteiger partial charge in [-0.25, -0.2) is 0 Å². The molecule has 0 aliphatic carbocycles. The Morgan fingerprint density at radius 3 is 2.42 bits per heavy atom. The SMILES string of the molecule is CCCN(CC(N)=NO)C(=O)C1C(C)OC(C)C1C. The Hall–Kier alpha value is -1.30. The maximum absolute atomic E-state index is 12.6. The molecule has 4 unspecified atom stereocenters. The van der Waals surface area contributed by atoms with E-state index in [1.54, 1.807) is 4.90 Å². The lowest BCUT2D eigenvalue weighted by Crippen LogP contribution is -2.45. The number of carbonyl (C=O) groups excluding carboxylic acids is 1. The summed E-state index contributed by atoms with van der Waals surface area (Å²) < 4.78 is 5.71. The van der Waals surface area contributed by atoms with Crippen LogP contribution in [-0.2, 0) is 9.53 Å². The van der Waals surface area contributed by atoms with Gasteiger partial charge in [0.05, 0.1) is 24.7 Å². The van der Waals surface area contributed by atoms with Gasteiger partial charge in [-0.1, -0.05) is 19.0 Å². The lowest BCUT2D eigenvalue weighted by atomic mass is 9.88. The predicted molar refractivity (Wildman–Crippen MR) is 72.9 cm³/mol. The van der Waals surface area contributed by atoms with Crippen LogP contribution < -0.4 is 5.73 Å². The Morgan fingerprint density at radius 2 is 2.00 bits per heavy atom. The molecule has 0 aromatic heterocycles. The molecule has 1 amide bonds. The van der Waals surface area contributed by atoms with Gasteiger partial charge in [-0.2, -0.15) is 0 Å². The summed E-state index contributed by atoms with van der Waals surface area (Å²) in [5.41, 5.74) is 5.51. The van der Waals surface area contributed by atoms with E-state index in [-0.39, 0.29) is 42.3 Å². The summed E-state index contributed by atoms with van der Waals surface area (Å²) >= 11 is 0. The van der Waals surface area contributed by atoms with Crippen LogP contribution in [0.4, 0.5) is 0 Å². The molecule has 0 aromatic rings. The highest BCUT2D eigenvalue weighted by Crippen LogP contribution is 2.33. The molecule has 1 aliphatic rings. The Bertz CT molecular complexity index is 346. The average molecular weight is 271 g/mol. The highest BCUT2D eigenvalue weighted by Gasteiger charge is 2.43. The quantitative estimate of drug-likeness (QED) is 0.338. The van der Waals surface area contributed by atoms with Crippen molar-refractivity contribution >= 4 is 11.7 Å². The number of amidine groups is 1. The van der Waals surface area contributed by atoms with E-state index >= 15 is 0 Å². The van der Waals surface area contributed by atoms with E-state index in [9.17, 15) is 4.79 Å². The molecule has 1 heterocycles. The number of hydrogen-bond acceptors (Lipinski definition) is 4. The smallest absolute Gasteiger partial charge is 0.229 e. The summed E-state index contributed by atoms with van der Waals surface area (Å²) in [4.78, 5) is 14.3. The molecule has 1 aliphatic heterocycles. The summed E-state index contributed by atoms with van der Waals surface area (Å²) in [6.45, 7) is 8.70. The highest BCUT2D eigenvalue weighted by atomic mass is 16.5. The minimum absolute atomic E-state index is 0.0257. The number of hydrogen-bond donors (Lipinski definition) is 2. The third kappa shape index (κ3) is 3.59. The first-order chi connectivity index (χ1) is 8.92. The second-order valence-corrected chi connectivity index (χ2v) is 5.28. The van der Waals surface area contributed by atoms with Crippen molar-refractivity contribution in [3.8, 4) is 0 Å². The first-order valence-corrected chi connectivity index (χ1v) is 6.83. The van der Waals surface area contributed by atoms with Crippen molar-refractivity contribution in [3.05, 3.63) is 0 Å². The van der Waals surface area contributed by atoms with E-state index in [1.165, 1.54) is 0 Å². The van der Waals surface area contributed by atoms with Gasteiger partial charge in [0.15, 0.2) is 5.84 Å². The van der Waals surface area contributed by atoms with Crippen LogP contribution in [-0.4, -0.2) is 47.1 Å². The second-order valence-electron chi connectivity index (χ2n) is 5.28. The summed E-state index contributed by atoms with van der Waals surface area (Å²) in [5, 5.41) is 11.6. The third-order valence-corrected chi connectivity index (χ3v) is 3.81. The molecular weight excluding hydrogens is 246 g/mol. The lowest BCUT2D eigenvalue weighted by molar-refractivity contribution is -0.137. The van der Waals surface area contributed by atoms with E-state index < -0.39 is 0 Å². The van der Waals surface area contributed by atoms with E-state index in [0.717, 1.165) is 6.42 Å². The molecule has 0 aromatic carbocycles. The molecule has 4 atom stereocenters. The van der Waals surface area contributed by atoms with Crippen molar-refractivity contribution in [3.63, 3.8) is 0 Å². The van der Waals surface area contributed by atoms with E-state index in [2.05, 4.69) is 5.16 Å². The number of nitrogens with two attached hydrogens (primary N) is 1. The minimum Gasteiger partial charge on any atom is -0.409 e. The van der Waals surface area contributed by atoms with Gasteiger partial charge in [0.2, 0.25) is 5.91 Å². The number of ether oxygens (including phenoxy) is 1. The largest absolute Gasteiger partial charge is 0.409 e. The van der Waals surface area contributed by atoms with Crippen LogP contribution in [0, 0.1) is 11.8 Å². The van der Waals surface area contributed by atoms with Crippen LogP contribution in [0.1, 0.15) is 34.1 Å². The summed E-state index contributed by atoms with van der Waals surface area (Å²) in [6.07, 6.45) is 0.816. The Balaban J connectivity index is 2.81. The molecule has 19 heavy (non-hydrogen) atoms. The number of oxime groups is 1. The van der Waals surface area contributed by atoms with E-state index in [0.29, 0.717) is 6.54 Å². The predicted octanol–water partition coefficient (Wildman–Crippen LogP) is 1.03. The highest BCUT2D eigenvalue weighted by molar-refractivity contribution is 5.88. The summed E-state index contributed by atoms with van der Waals surface area (Å²) in [5.74, 6) is 0.0917. The van der Waals surface area contributed by atoms with Crippen LogP contribution in [0.3, 0.4) is 0 Å². The second kappa shape index (κ2) is 6.75. The molecule has 0 bridgehead atoms. The molecule has 0 spiro atoms. The molecule has 0 saturated carbocycles. The van der Waals surface area contributed by atoms with E-state index in [1.807, 2.05) is 27.7 Å². The number of carbonyl (C=O) groups is 1. The van der Waals surface area contributed by atoms with Gasteiger partial charge in [0.1, 0.15) is 0 Å². The zero-order valence-corrected chi connectivity index (χ0v) is 12.2. The maximum atomic E-state index is 12.6. The molecule has 6 heteroatoms. The molecule has 3 N–H and O–H groups in total. The van der Waals surface area contributed by atoms with Gasteiger partial charge in [0, 0.05) is 6.54 Å². The van der Waals surface area contributed by atoms with Gasteiger partial charge in [0.25, 0.3) is 0 Å². The molecule has 1 saturated heterocycles. The fraction of sp³-hybridized carbons (Fsp3) is 0.846. The van der Waals surface area contributed by atoms with E-state index in [4.69, 9.17) is 15.7 Å². The van der Waals surface area contributed by atoms with Crippen LogP contribution >= 0.6 is 0 Å². The van der Waals surface area contributed by atoms with Gasteiger partial charge < -0.3 is 20.6 Å². The number of amides is 1. The summed E-state index contributed by atoms with van der Waals surface area (Å²) in [7, 11) is 0. The number of rotatable bonds is 5. The van der Waals surface area contributed by atoms with Gasteiger partial charge in [-0.15, -0.1) is 0 Å². The monoisotopic (exact) mass is 271 g/mol. The van der Waals surface area contributed by atoms with Crippen molar-refractivity contribution < 1.29 is 14.7 Å². The van der Waals surface area contributed by atoms with Gasteiger partial charge >= 0.3 is 0 Å². The van der Waals surface area contributed by atoms with Crippen molar-refractivity contribution in [1.82, 2.24) is 4.90 Å². The Labute approximate surface area is 114 Å². The van der Waals surface area contributed by atoms with Crippen LogP contribution in [0.25, 0.3) is 0 Å². The third-order valence-electron chi connectivity index (χ3n) is 3.81. The molecule has 1 fully saturated rings. The van der Waals surface area contributed by atoms with Crippen LogP contribution in [0.15, 0.2) is 5.16 Å². The molecule has 6 nitrogen and oxygen atoms in total. The maximum Gasteiger partial charge on any atom is 0.229 e. The molecule has 110 valence electrons. The first-order valence-electron chi connectivity index (χ1n) is 6.83. The standard InChI is InChI=1S/C13H25N3O3/c1-5-6-16(7-11(14)15-18)13(17)12-8(2)9(3)19-10(12)4/h8-10,12,18H,5-7H2,1-4H3,(H2,14,15). The number of nitrogens with zero attached hydrogens (tertiary/aromatic N) is 2. The van der Waals surface area contributed by atoms with Crippen LogP contribution in [0.2, 0.25) is 0 Å². The van der Waals surface area contributed by atoms with Gasteiger partial charge in [-0.05, 0) is 26.2 Å². The topological polar surface area (TPSA) is 88.1 Å². The minimum atomic E-state index is -0.159. The molecular formula is C13H25N3O3. The van der Waals surface area contributed by atoms with Crippen LogP contribution in [0.5, 0.6) is 0 Å². The molecule has 0 radical (unpaired) electrons. The van der Waals surface area contributed by atoms with Crippen molar-refractivity contribution in [2.24, 2.45) is 22.7 Å². The Kier molecular flexibility index (Phi) is 5.60. The fourth-order valence-electron chi connectivity index (χ4n) is 2.67. The zero-order valence-electron chi connectivity index (χ0n) is 12.2. The molecule has 1 rings (SSSR count). The average Bonchev–Trinajstić information content (AvgIpc) is 2.62. The Morgan fingerprint density at radius 1 is 1.37 bits per heavy atom. The van der Waals surface area contributed by atoms with Crippen molar-refractivity contribution in [1.29, 1.82) is 0 Å². The van der Waals surface area contributed by atoms with Crippen molar-refractivity contribution in [2.45, 2.75) is 46.3 Å². The lowest BCUT2D eigenvalue weighted by Gasteiger charge is -2.27. The normalized spacial score (nSPS) is 31.5. The van der Waals surface area contributed by atoms with Crippen molar-refractivity contribution in [2.75, 3.05) is 13.1 Å². The first kappa shape index (κ1) is 15.8. The summed E-state index contributed by atoms with van der Waals surface area (Å²) in [6, 6.07) is 0.